The van der Waals surface area contributed by atoms with Gasteiger partial charge in [-0.05, 0) is 36.8 Å². The van der Waals surface area contributed by atoms with Crippen LogP contribution in [-0.2, 0) is 20.0 Å². The van der Waals surface area contributed by atoms with Gasteiger partial charge >= 0.3 is 0 Å². The lowest BCUT2D eigenvalue weighted by atomic mass is 10.1. The highest BCUT2D eigenvalue weighted by atomic mass is 32.1. The molecule has 0 aliphatic carbocycles. The summed E-state index contributed by atoms with van der Waals surface area (Å²) in [5.41, 5.74) is 1.44. The number of hydrogen-bond donors (Lipinski definition) is 1. The molecular weight excluding hydrogens is 416 g/mol. The zero-order valence-corrected chi connectivity index (χ0v) is 17.9. The Bertz CT molecular complexity index is 1200. The second-order valence-corrected chi connectivity index (χ2v) is 8.81. The van der Waals surface area contributed by atoms with Crippen LogP contribution in [0.1, 0.15) is 56.1 Å². The number of fused-ring (bicyclic) bond motifs is 1. The standard InChI is InChI=1S/C21H22N6O3S/c1-25-9-7-14(24-25)20(29)27-8-2-4-16(27)18-22-15-12-26(10-6-13(15)19(28)23-18)21(30)17-5-3-11-31-17/h3,5,7,9,11,16H,2,4,6,8,10,12H2,1H3,(H,22,23,28). The fourth-order valence-electron chi connectivity index (χ4n) is 4.32. The second kappa shape index (κ2) is 7.77. The predicted molar refractivity (Wildman–Crippen MR) is 114 cm³/mol. The zero-order valence-electron chi connectivity index (χ0n) is 17.1. The Kier molecular flexibility index (Phi) is 4.93. The fourth-order valence-corrected chi connectivity index (χ4v) is 5.01. The van der Waals surface area contributed by atoms with Crippen LogP contribution in [0.15, 0.2) is 34.6 Å². The Morgan fingerprint density at radius 1 is 1.23 bits per heavy atom. The molecule has 0 aromatic carbocycles. The van der Waals surface area contributed by atoms with Crippen molar-refractivity contribution in [2.75, 3.05) is 13.1 Å². The number of carbonyl (C=O) groups is 2. The number of aromatic nitrogens is 4. The van der Waals surface area contributed by atoms with Gasteiger partial charge in [-0.1, -0.05) is 6.07 Å². The van der Waals surface area contributed by atoms with Crippen molar-refractivity contribution in [1.29, 1.82) is 0 Å². The van der Waals surface area contributed by atoms with Crippen molar-refractivity contribution in [3.63, 3.8) is 0 Å². The van der Waals surface area contributed by atoms with Crippen LogP contribution in [0, 0.1) is 0 Å². The molecule has 0 bridgehead atoms. The third kappa shape index (κ3) is 3.56. The van der Waals surface area contributed by atoms with Gasteiger partial charge < -0.3 is 14.8 Å². The Labute approximate surface area is 182 Å². The highest BCUT2D eigenvalue weighted by molar-refractivity contribution is 7.12. The minimum atomic E-state index is -0.309. The van der Waals surface area contributed by atoms with Gasteiger partial charge in [0.1, 0.15) is 11.5 Å². The lowest BCUT2D eigenvalue weighted by molar-refractivity contribution is 0.0722. The quantitative estimate of drug-likeness (QED) is 0.671. The van der Waals surface area contributed by atoms with Crippen molar-refractivity contribution in [3.05, 3.63) is 67.8 Å². The van der Waals surface area contributed by atoms with E-state index in [0.29, 0.717) is 53.7 Å². The number of nitrogens with one attached hydrogen (secondary N) is 1. The smallest absolute Gasteiger partial charge is 0.274 e. The largest absolute Gasteiger partial charge is 0.332 e. The van der Waals surface area contributed by atoms with Gasteiger partial charge in [-0.3, -0.25) is 19.1 Å². The Hall–Kier alpha value is -3.27. The normalized spacial score (nSPS) is 18.3. The van der Waals surface area contributed by atoms with Gasteiger partial charge in [-0.25, -0.2) is 4.98 Å². The van der Waals surface area contributed by atoms with E-state index in [4.69, 9.17) is 4.98 Å². The summed E-state index contributed by atoms with van der Waals surface area (Å²) in [4.78, 5) is 50.3. The third-order valence-corrected chi connectivity index (χ3v) is 6.73. The molecule has 1 N–H and O–H groups in total. The summed E-state index contributed by atoms with van der Waals surface area (Å²) in [5, 5.41) is 6.09. The molecule has 1 fully saturated rings. The summed E-state index contributed by atoms with van der Waals surface area (Å²) in [6.45, 7) is 1.37. The molecule has 0 saturated carbocycles. The molecule has 3 aromatic rings. The molecule has 2 aliphatic rings. The zero-order chi connectivity index (χ0) is 21.5. The Morgan fingerprint density at radius 3 is 2.84 bits per heavy atom. The van der Waals surface area contributed by atoms with E-state index in [1.807, 2.05) is 11.4 Å². The van der Waals surface area contributed by atoms with Crippen LogP contribution >= 0.6 is 11.3 Å². The van der Waals surface area contributed by atoms with E-state index in [-0.39, 0.29) is 23.4 Å². The maximum atomic E-state index is 13.0. The van der Waals surface area contributed by atoms with Crippen LogP contribution in [0.3, 0.4) is 0 Å². The maximum Gasteiger partial charge on any atom is 0.274 e. The van der Waals surface area contributed by atoms with Crippen LogP contribution in [0.5, 0.6) is 0 Å². The van der Waals surface area contributed by atoms with E-state index < -0.39 is 0 Å². The first-order chi connectivity index (χ1) is 15.0. The highest BCUT2D eigenvalue weighted by Crippen LogP contribution is 2.31. The Morgan fingerprint density at radius 2 is 2.10 bits per heavy atom. The number of aromatic amines is 1. The monoisotopic (exact) mass is 438 g/mol. The van der Waals surface area contributed by atoms with Gasteiger partial charge in [-0.15, -0.1) is 11.3 Å². The summed E-state index contributed by atoms with van der Waals surface area (Å²) in [5.74, 6) is 0.269. The van der Waals surface area contributed by atoms with Crippen molar-refractivity contribution in [2.45, 2.75) is 31.8 Å². The van der Waals surface area contributed by atoms with Crippen LogP contribution in [0.25, 0.3) is 0 Å². The average molecular weight is 439 g/mol. The first kappa shape index (κ1) is 19.7. The third-order valence-electron chi connectivity index (χ3n) is 5.87. The van der Waals surface area contributed by atoms with E-state index in [1.165, 1.54) is 11.3 Å². The summed E-state index contributed by atoms with van der Waals surface area (Å²) in [6, 6.07) is 5.04. The molecule has 0 radical (unpaired) electrons. The van der Waals surface area contributed by atoms with E-state index in [2.05, 4.69) is 10.1 Å². The van der Waals surface area contributed by atoms with Crippen LogP contribution < -0.4 is 5.56 Å². The summed E-state index contributed by atoms with van der Waals surface area (Å²) in [7, 11) is 1.77. The molecule has 1 saturated heterocycles. The maximum absolute atomic E-state index is 13.0. The molecule has 5 rings (SSSR count). The van der Waals surface area contributed by atoms with Crippen LogP contribution in [0.2, 0.25) is 0 Å². The number of likely N-dealkylation sites (tertiary alicyclic amines) is 1. The number of hydrogen-bond acceptors (Lipinski definition) is 6. The molecule has 1 atom stereocenters. The van der Waals surface area contributed by atoms with Gasteiger partial charge in [0.2, 0.25) is 0 Å². The highest BCUT2D eigenvalue weighted by Gasteiger charge is 2.34. The van der Waals surface area contributed by atoms with Gasteiger partial charge in [0.25, 0.3) is 17.4 Å². The predicted octanol–water partition coefficient (Wildman–Crippen LogP) is 1.74. The van der Waals surface area contributed by atoms with Crippen LogP contribution in [-0.4, -0.2) is 54.5 Å². The number of carbonyl (C=O) groups excluding carboxylic acids is 2. The molecule has 10 heteroatoms. The molecule has 5 heterocycles. The molecule has 31 heavy (non-hydrogen) atoms. The van der Waals surface area contributed by atoms with E-state index in [9.17, 15) is 14.4 Å². The second-order valence-electron chi connectivity index (χ2n) is 7.86. The van der Waals surface area contributed by atoms with Crippen molar-refractivity contribution in [3.8, 4) is 0 Å². The molecule has 2 amide bonds. The first-order valence-corrected chi connectivity index (χ1v) is 11.1. The first-order valence-electron chi connectivity index (χ1n) is 10.3. The number of thiophene rings is 1. The molecule has 1 unspecified atom stereocenters. The van der Waals surface area contributed by atoms with E-state index in [0.717, 1.165) is 12.8 Å². The molecule has 160 valence electrons. The van der Waals surface area contributed by atoms with Crippen molar-refractivity contribution in [2.24, 2.45) is 7.05 Å². The van der Waals surface area contributed by atoms with Gasteiger partial charge in [0.05, 0.1) is 23.2 Å². The summed E-state index contributed by atoms with van der Waals surface area (Å²) in [6.07, 6.45) is 3.75. The van der Waals surface area contributed by atoms with Crippen molar-refractivity contribution < 1.29 is 9.59 Å². The van der Waals surface area contributed by atoms with Crippen molar-refractivity contribution >= 4 is 23.2 Å². The Balaban J connectivity index is 1.43. The van der Waals surface area contributed by atoms with Crippen LogP contribution in [0.4, 0.5) is 0 Å². The minimum Gasteiger partial charge on any atom is -0.332 e. The fraction of sp³-hybridized carbons (Fsp3) is 0.381. The molecular formula is C21H22N6O3S. The summed E-state index contributed by atoms with van der Waals surface area (Å²) < 4.78 is 1.59. The number of H-pyrrole nitrogens is 1. The van der Waals surface area contributed by atoms with Gasteiger partial charge in [0.15, 0.2) is 0 Å². The van der Waals surface area contributed by atoms with Gasteiger partial charge in [-0.2, -0.15) is 5.10 Å². The van der Waals surface area contributed by atoms with E-state index in [1.54, 1.807) is 39.9 Å². The molecule has 9 nitrogen and oxygen atoms in total. The number of amides is 2. The number of nitrogens with zero attached hydrogens (tertiary/aromatic N) is 5. The lowest BCUT2D eigenvalue weighted by Crippen LogP contribution is -2.40. The molecule has 3 aromatic heterocycles. The molecule has 0 spiro atoms. The van der Waals surface area contributed by atoms with Crippen molar-refractivity contribution in [1.82, 2.24) is 29.5 Å². The molecule has 2 aliphatic heterocycles. The minimum absolute atomic E-state index is 0.0443. The average Bonchev–Trinajstić information content (AvgIpc) is 3.53. The SMILES string of the molecule is Cn1ccc(C(=O)N2CCCC2c2nc3c(c(=O)[nH]2)CCN(C(=O)c2cccs2)C3)n1. The topological polar surface area (TPSA) is 104 Å². The van der Waals surface area contributed by atoms with Gasteiger partial charge in [0, 0.05) is 31.9 Å². The van der Waals surface area contributed by atoms with E-state index >= 15 is 0 Å². The number of aryl methyl sites for hydroxylation is 1. The summed E-state index contributed by atoms with van der Waals surface area (Å²) >= 11 is 1.40. The lowest BCUT2D eigenvalue weighted by Gasteiger charge is -2.29. The number of rotatable bonds is 3.